The summed E-state index contributed by atoms with van der Waals surface area (Å²) in [5.41, 5.74) is 4.66. The first-order valence-electron chi connectivity index (χ1n) is 4.83. The van der Waals surface area contributed by atoms with Crippen molar-refractivity contribution in [1.29, 1.82) is 0 Å². The highest BCUT2D eigenvalue weighted by molar-refractivity contribution is 5.99. The average Bonchev–Trinajstić information content (AvgIpc) is 2.84. The zero-order chi connectivity index (χ0) is 10.7. The van der Waals surface area contributed by atoms with Crippen LogP contribution in [-0.2, 0) is 0 Å². The van der Waals surface area contributed by atoms with Crippen molar-refractivity contribution in [3.8, 4) is 0 Å². The number of hydrogen-bond acceptors (Lipinski definition) is 3. The number of furan rings is 1. The maximum Gasteiger partial charge on any atom is 0.307 e. The molecule has 0 radical (unpaired) electrons. The van der Waals surface area contributed by atoms with E-state index in [-0.39, 0.29) is 11.7 Å². The monoisotopic (exact) mass is 204 g/mol. The lowest BCUT2D eigenvalue weighted by Crippen LogP contribution is -2.18. The molecule has 15 heavy (non-hydrogen) atoms. The van der Waals surface area contributed by atoms with Crippen molar-refractivity contribution in [3.63, 3.8) is 0 Å². The molecule has 2 rings (SSSR count). The summed E-state index contributed by atoms with van der Waals surface area (Å²) >= 11 is 0. The minimum atomic E-state index is -0.314. The van der Waals surface area contributed by atoms with Gasteiger partial charge in [0.1, 0.15) is 0 Å². The van der Waals surface area contributed by atoms with Gasteiger partial charge in [-0.3, -0.25) is 4.79 Å². The van der Waals surface area contributed by atoms with Crippen LogP contribution in [0.25, 0.3) is 0 Å². The van der Waals surface area contributed by atoms with Crippen molar-refractivity contribution >= 4 is 11.6 Å². The number of hydrazone groups is 1. The van der Waals surface area contributed by atoms with Crippen molar-refractivity contribution in [1.82, 2.24) is 5.43 Å². The Labute approximate surface area is 87.7 Å². The number of nitrogens with zero attached hydrogens (tertiary/aromatic N) is 1. The molecule has 0 atom stereocenters. The van der Waals surface area contributed by atoms with Gasteiger partial charge in [0.2, 0.25) is 0 Å². The molecule has 78 valence electrons. The van der Waals surface area contributed by atoms with Crippen molar-refractivity contribution in [2.24, 2.45) is 5.10 Å². The van der Waals surface area contributed by atoms with E-state index >= 15 is 0 Å². The summed E-state index contributed by atoms with van der Waals surface area (Å²) in [6.45, 7) is 2.05. The molecule has 1 N–H and O–H groups in total. The van der Waals surface area contributed by atoms with Gasteiger partial charge in [-0.05, 0) is 38.0 Å². The standard InChI is InChI=1S/C11H12N2O2/c1-8-4-5-9(7-8)12-13-11(14)10-3-2-6-15-10/h2-3,6-7H,4-5H2,1H3,(H,13,14)/b12-9+. The lowest BCUT2D eigenvalue weighted by molar-refractivity contribution is 0.0927. The van der Waals surface area contributed by atoms with Gasteiger partial charge in [-0.2, -0.15) is 5.10 Å². The Kier molecular flexibility index (Phi) is 2.67. The number of allylic oxidation sites excluding steroid dienone is 2. The van der Waals surface area contributed by atoms with Gasteiger partial charge in [0, 0.05) is 0 Å². The van der Waals surface area contributed by atoms with Gasteiger partial charge in [-0.15, -0.1) is 0 Å². The molecule has 0 aromatic carbocycles. The van der Waals surface area contributed by atoms with E-state index in [1.165, 1.54) is 11.8 Å². The molecule has 1 heterocycles. The van der Waals surface area contributed by atoms with Crippen LogP contribution in [0.15, 0.2) is 39.6 Å². The summed E-state index contributed by atoms with van der Waals surface area (Å²) in [6, 6.07) is 3.27. The van der Waals surface area contributed by atoms with Crippen LogP contribution in [0.3, 0.4) is 0 Å². The van der Waals surface area contributed by atoms with Crippen LogP contribution < -0.4 is 5.43 Å². The van der Waals surface area contributed by atoms with E-state index in [0.717, 1.165) is 18.6 Å². The molecule has 1 aliphatic carbocycles. The number of carbonyl (C=O) groups is 1. The van der Waals surface area contributed by atoms with Crippen molar-refractivity contribution < 1.29 is 9.21 Å². The first-order chi connectivity index (χ1) is 7.25. The second-order valence-corrected chi connectivity index (χ2v) is 3.51. The molecule has 1 aliphatic rings. The van der Waals surface area contributed by atoms with E-state index in [1.54, 1.807) is 12.1 Å². The third-order valence-corrected chi connectivity index (χ3v) is 2.23. The smallest absolute Gasteiger partial charge is 0.307 e. The SMILES string of the molecule is CC1=C/C(=N/NC(=O)c2ccco2)CC1. The Morgan fingerprint density at radius 2 is 2.40 bits per heavy atom. The van der Waals surface area contributed by atoms with E-state index in [0.29, 0.717) is 0 Å². The van der Waals surface area contributed by atoms with E-state index in [1.807, 2.05) is 6.08 Å². The minimum Gasteiger partial charge on any atom is -0.459 e. The zero-order valence-electron chi connectivity index (χ0n) is 8.49. The summed E-state index contributed by atoms with van der Waals surface area (Å²) in [4.78, 5) is 11.4. The predicted molar refractivity (Wildman–Crippen MR) is 56.6 cm³/mol. The maximum absolute atomic E-state index is 11.4. The Balaban J connectivity index is 1.97. The Morgan fingerprint density at radius 1 is 1.53 bits per heavy atom. The zero-order valence-corrected chi connectivity index (χ0v) is 8.49. The van der Waals surface area contributed by atoms with Crippen LogP contribution >= 0.6 is 0 Å². The maximum atomic E-state index is 11.4. The van der Waals surface area contributed by atoms with Gasteiger partial charge in [0.15, 0.2) is 5.76 Å². The molecule has 1 amide bonds. The Hall–Kier alpha value is -1.84. The van der Waals surface area contributed by atoms with E-state index in [2.05, 4.69) is 17.5 Å². The number of hydrogen-bond donors (Lipinski definition) is 1. The fourth-order valence-corrected chi connectivity index (χ4v) is 1.43. The van der Waals surface area contributed by atoms with E-state index in [9.17, 15) is 4.79 Å². The topological polar surface area (TPSA) is 54.6 Å². The van der Waals surface area contributed by atoms with Gasteiger partial charge in [0.25, 0.3) is 0 Å². The first-order valence-corrected chi connectivity index (χ1v) is 4.83. The van der Waals surface area contributed by atoms with Gasteiger partial charge in [-0.1, -0.05) is 5.57 Å². The van der Waals surface area contributed by atoms with Crippen LogP contribution in [0.4, 0.5) is 0 Å². The third-order valence-electron chi connectivity index (χ3n) is 2.23. The molecule has 0 unspecified atom stereocenters. The van der Waals surface area contributed by atoms with Gasteiger partial charge >= 0.3 is 5.91 Å². The Bertz CT molecular complexity index is 416. The molecule has 0 saturated carbocycles. The lowest BCUT2D eigenvalue weighted by atomic mass is 10.3. The average molecular weight is 204 g/mol. The fraction of sp³-hybridized carbons (Fsp3) is 0.273. The molecule has 0 saturated heterocycles. The highest BCUT2D eigenvalue weighted by Crippen LogP contribution is 2.14. The summed E-state index contributed by atoms with van der Waals surface area (Å²) in [6.07, 6.45) is 5.36. The normalized spacial score (nSPS) is 17.9. The summed E-state index contributed by atoms with van der Waals surface area (Å²) < 4.78 is 4.93. The van der Waals surface area contributed by atoms with Gasteiger partial charge < -0.3 is 4.42 Å². The van der Waals surface area contributed by atoms with Crippen LogP contribution in [0, 0.1) is 0 Å². The molecule has 0 aliphatic heterocycles. The molecule has 4 nitrogen and oxygen atoms in total. The van der Waals surface area contributed by atoms with Gasteiger partial charge in [0.05, 0.1) is 12.0 Å². The van der Waals surface area contributed by atoms with Crippen LogP contribution in [0.2, 0.25) is 0 Å². The van der Waals surface area contributed by atoms with Crippen LogP contribution in [0.1, 0.15) is 30.3 Å². The summed E-state index contributed by atoms with van der Waals surface area (Å²) in [7, 11) is 0. The molecule has 0 bridgehead atoms. The molecule has 0 fully saturated rings. The summed E-state index contributed by atoms with van der Waals surface area (Å²) in [5, 5.41) is 4.01. The van der Waals surface area contributed by atoms with Crippen molar-refractivity contribution in [3.05, 3.63) is 35.8 Å². The number of rotatable bonds is 2. The highest BCUT2D eigenvalue weighted by atomic mass is 16.3. The van der Waals surface area contributed by atoms with Crippen molar-refractivity contribution in [2.45, 2.75) is 19.8 Å². The van der Waals surface area contributed by atoms with Crippen LogP contribution in [-0.4, -0.2) is 11.6 Å². The van der Waals surface area contributed by atoms with Gasteiger partial charge in [-0.25, -0.2) is 5.43 Å². The number of nitrogens with one attached hydrogen (secondary N) is 1. The lowest BCUT2D eigenvalue weighted by Gasteiger charge is -1.96. The fourth-order valence-electron chi connectivity index (χ4n) is 1.43. The van der Waals surface area contributed by atoms with E-state index in [4.69, 9.17) is 4.42 Å². The summed E-state index contributed by atoms with van der Waals surface area (Å²) in [5.74, 6) is -0.0384. The third kappa shape index (κ3) is 2.34. The van der Waals surface area contributed by atoms with Crippen LogP contribution in [0.5, 0.6) is 0 Å². The van der Waals surface area contributed by atoms with E-state index < -0.39 is 0 Å². The second-order valence-electron chi connectivity index (χ2n) is 3.51. The molecular weight excluding hydrogens is 192 g/mol. The molecular formula is C11H12N2O2. The Morgan fingerprint density at radius 3 is 3.00 bits per heavy atom. The number of carbonyl (C=O) groups excluding carboxylic acids is 1. The molecule has 4 heteroatoms. The largest absolute Gasteiger partial charge is 0.459 e. The minimum absolute atomic E-state index is 0.276. The molecule has 1 aromatic heterocycles. The predicted octanol–water partition coefficient (Wildman–Crippen LogP) is 2.11. The number of amides is 1. The quantitative estimate of drug-likeness (QED) is 0.750. The second kappa shape index (κ2) is 4.13. The highest BCUT2D eigenvalue weighted by Gasteiger charge is 2.09. The molecule has 0 spiro atoms. The molecule has 1 aromatic rings. The van der Waals surface area contributed by atoms with Crippen molar-refractivity contribution in [2.75, 3.05) is 0 Å². The first kappa shape index (κ1) is 9.71.